The zero-order valence-corrected chi connectivity index (χ0v) is 28.1. The Kier molecular flexibility index (Phi) is 11.6. The summed E-state index contributed by atoms with van der Waals surface area (Å²) in [6.45, 7) is 13.9. The van der Waals surface area contributed by atoms with Crippen LogP contribution in [-0.2, 0) is 38.7 Å². The van der Waals surface area contributed by atoms with Gasteiger partial charge >= 0.3 is 5.97 Å². The highest BCUT2D eigenvalue weighted by molar-refractivity contribution is 7.92. The van der Waals surface area contributed by atoms with Crippen LogP contribution in [0.2, 0.25) is 18.1 Å². The molecule has 43 heavy (non-hydrogen) atoms. The molecule has 0 aliphatic heterocycles. The summed E-state index contributed by atoms with van der Waals surface area (Å²) >= 11 is 0. The maximum Gasteiger partial charge on any atom is 0.307 e. The van der Waals surface area contributed by atoms with Crippen LogP contribution < -0.4 is 14.8 Å². The van der Waals surface area contributed by atoms with Crippen molar-refractivity contribution < 1.29 is 27.5 Å². The average Bonchev–Trinajstić information content (AvgIpc) is 2.89. The monoisotopic (exact) mass is 626 g/mol. The van der Waals surface area contributed by atoms with Gasteiger partial charge in [0.2, 0.25) is 10.0 Å². The number of hydrogen-bond donors (Lipinski definition) is 3. The van der Waals surface area contributed by atoms with E-state index in [0.29, 0.717) is 31.0 Å². The maximum atomic E-state index is 12.3. The predicted molar refractivity (Wildman–Crippen MR) is 176 cm³/mol. The third-order valence-electron chi connectivity index (χ3n) is 7.69. The van der Waals surface area contributed by atoms with Gasteiger partial charge in [-0.2, -0.15) is 0 Å². The molecule has 0 saturated carbocycles. The lowest BCUT2D eigenvalue weighted by molar-refractivity contribution is -0.136. The van der Waals surface area contributed by atoms with E-state index in [0.717, 1.165) is 28.5 Å². The minimum Gasteiger partial charge on any atom is -0.487 e. The van der Waals surface area contributed by atoms with Crippen molar-refractivity contribution in [2.24, 2.45) is 0 Å². The molecule has 3 aromatic carbocycles. The lowest BCUT2D eigenvalue weighted by Gasteiger charge is -2.40. The van der Waals surface area contributed by atoms with Gasteiger partial charge in [-0.05, 0) is 65.9 Å². The van der Waals surface area contributed by atoms with Crippen molar-refractivity contribution in [1.29, 1.82) is 0 Å². The molecule has 0 aromatic heterocycles. The van der Waals surface area contributed by atoms with Gasteiger partial charge in [0.05, 0.1) is 24.5 Å². The molecule has 10 heteroatoms. The lowest BCUT2D eigenvalue weighted by Crippen LogP contribution is -2.44. The summed E-state index contributed by atoms with van der Waals surface area (Å²) in [5.74, 6) is -0.415. The minimum atomic E-state index is -3.57. The number of anilines is 1. The number of sulfonamides is 1. The molecule has 0 spiro atoms. The van der Waals surface area contributed by atoms with E-state index in [4.69, 9.17) is 14.3 Å². The van der Waals surface area contributed by atoms with E-state index in [1.54, 1.807) is 12.1 Å². The lowest BCUT2D eigenvalue weighted by atomic mass is 10.0. The SMILES string of the molecule is C[C@H](Cc1cccc(CC(=O)O)c1)NC[C@H](O[Si](C)(C)C(C)(C)C)c1ccc(OCc2ccccc2)c(NS(C)(=O)=O)c1. The Morgan fingerprint density at radius 1 is 0.953 bits per heavy atom. The summed E-state index contributed by atoms with van der Waals surface area (Å²) in [5, 5.41) is 12.7. The topological polar surface area (TPSA) is 114 Å². The average molecular weight is 627 g/mol. The van der Waals surface area contributed by atoms with Gasteiger partial charge in [0, 0.05) is 12.6 Å². The summed E-state index contributed by atoms with van der Waals surface area (Å²) < 4.78 is 40.2. The van der Waals surface area contributed by atoms with Gasteiger partial charge < -0.3 is 19.6 Å². The molecule has 8 nitrogen and oxygen atoms in total. The van der Waals surface area contributed by atoms with E-state index in [1.165, 1.54) is 0 Å². The van der Waals surface area contributed by atoms with Crippen molar-refractivity contribution in [1.82, 2.24) is 5.32 Å². The number of benzene rings is 3. The minimum absolute atomic E-state index is 0.00696. The van der Waals surface area contributed by atoms with Gasteiger partial charge in [-0.25, -0.2) is 8.42 Å². The Morgan fingerprint density at radius 2 is 1.60 bits per heavy atom. The number of rotatable bonds is 15. The highest BCUT2D eigenvalue weighted by Crippen LogP contribution is 2.40. The van der Waals surface area contributed by atoms with Crippen LogP contribution in [0.3, 0.4) is 0 Å². The van der Waals surface area contributed by atoms with Crippen LogP contribution in [0.1, 0.15) is 56.1 Å². The fourth-order valence-corrected chi connectivity index (χ4v) is 6.27. The van der Waals surface area contributed by atoms with Crippen LogP contribution in [0.15, 0.2) is 72.8 Å². The van der Waals surface area contributed by atoms with Crippen LogP contribution >= 0.6 is 0 Å². The Hall–Kier alpha value is -3.18. The van der Waals surface area contributed by atoms with E-state index in [-0.39, 0.29) is 23.6 Å². The molecule has 0 saturated heterocycles. The number of ether oxygens (including phenoxy) is 1. The molecule has 0 bridgehead atoms. The first-order valence-electron chi connectivity index (χ1n) is 14.5. The van der Waals surface area contributed by atoms with Crippen molar-refractivity contribution in [2.75, 3.05) is 17.5 Å². The largest absolute Gasteiger partial charge is 0.487 e. The van der Waals surface area contributed by atoms with Crippen molar-refractivity contribution in [3.63, 3.8) is 0 Å². The van der Waals surface area contributed by atoms with Gasteiger partial charge in [-0.15, -0.1) is 0 Å². The molecule has 3 rings (SSSR count). The summed E-state index contributed by atoms with van der Waals surface area (Å²) in [4.78, 5) is 11.2. The second-order valence-electron chi connectivity index (χ2n) is 12.7. The Morgan fingerprint density at radius 3 is 2.23 bits per heavy atom. The van der Waals surface area contributed by atoms with Crippen LogP contribution in [0.5, 0.6) is 5.75 Å². The van der Waals surface area contributed by atoms with Gasteiger partial charge in [0.1, 0.15) is 12.4 Å². The smallest absolute Gasteiger partial charge is 0.307 e. The zero-order valence-electron chi connectivity index (χ0n) is 26.3. The van der Waals surface area contributed by atoms with E-state index in [1.807, 2.05) is 60.7 Å². The molecule has 0 amide bonds. The third-order valence-corrected chi connectivity index (χ3v) is 12.8. The van der Waals surface area contributed by atoms with Crippen LogP contribution in [-0.4, -0.2) is 46.7 Å². The third kappa shape index (κ3) is 11.1. The van der Waals surface area contributed by atoms with Gasteiger partial charge in [-0.1, -0.05) is 81.4 Å². The van der Waals surface area contributed by atoms with Crippen molar-refractivity contribution in [2.45, 2.75) is 77.4 Å². The van der Waals surface area contributed by atoms with Crippen LogP contribution in [0.25, 0.3) is 0 Å². The number of carbonyl (C=O) groups is 1. The molecule has 3 aromatic rings. The Bertz CT molecular complexity index is 1470. The molecule has 0 heterocycles. The highest BCUT2D eigenvalue weighted by atomic mass is 32.2. The molecule has 234 valence electrons. The molecule has 2 atom stereocenters. The molecule has 0 unspecified atom stereocenters. The summed E-state index contributed by atoms with van der Waals surface area (Å²) in [7, 11) is -5.79. The van der Waals surface area contributed by atoms with Crippen molar-refractivity contribution >= 4 is 30.0 Å². The van der Waals surface area contributed by atoms with E-state index in [9.17, 15) is 13.2 Å². The molecule has 0 fully saturated rings. The fourth-order valence-electron chi connectivity index (χ4n) is 4.42. The maximum absolute atomic E-state index is 12.3. The normalized spacial score (nSPS) is 13.7. The number of hydrogen-bond acceptors (Lipinski definition) is 6. The molecule has 0 aliphatic rings. The first-order valence-corrected chi connectivity index (χ1v) is 19.3. The Balaban J connectivity index is 1.86. The van der Waals surface area contributed by atoms with Crippen molar-refractivity contribution in [3.05, 3.63) is 95.1 Å². The Labute approximate surface area is 258 Å². The number of nitrogens with one attached hydrogen (secondary N) is 2. The highest BCUT2D eigenvalue weighted by Gasteiger charge is 2.39. The number of carboxylic acid groups (broad SMARTS) is 1. The summed E-state index contributed by atoms with van der Waals surface area (Å²) in [5.41, 5.74) is 4.01. The van der Waals surface area contributed by atoms with Crippen LogP contribution in [0, 0.1) is 0 Å². The molecular formula is C33H46N2O6SSi. The van der Waals surface area contributed by atoms with E-state index >= 15 is 0 Å². The summed E-state index contributed by atoms with van der Waals surface area (Å²) in [6, 6.07) is 23.0. The van der Waals surface area contributed by atoms with Crippen molar-refractivity contribution in [3.8, 4) is 5.75 Å². The summed E-state index contributed by atoms with van der Waals surface area (Å²) in [6.07, 6.45) is 1.49. The van der Waals surface area contributed by atoms with Gasteiger partial charge in [0.15, 0.2) is 8.32 Å². The standard InChI is InChI=1S/C33H46N2O6SSi/c1-24(18-26-14-11-15-27(19-26)20-32(36)37)34-22-31(41-43(6,7)33(2,3)4)28-16-17-30(29(21-28)35-42(5,38)39)40-23-25-12-9-8-10-13-25/h8-17,19,21,24,31,34-35H,18,20,22-23H2,1-7H3,(H,36,37)/t24-,31+/m1/s1. The molecule has 3 N–H and O–H groups in total. The van der Waals surface area contributed by atoms with Crippen LogP contribution in [0.4, 0.5) is 5.69 Å². The van der Waals surface area contributed by atoms with E-state index < -0.39 is 24.3 Å². The predicted octanol–water partition coefficient (Wildman–Crippen LogP) is 6.55. The number of carboxylic acids is 1. The van der Waals surface area contributed by atoms with Gasteiger partial charge in [0.25, 0.3) is 0 Å². The zero-order chi connectivity index (χ0) is 31.8. The molecular weight excluding hydrogens is 581 g/mol. The second kappa shape index (κ2) is 14.5. The molecule has 0 radical (unpaired) electrons. The first-order chi connectivity index (χ1) is 20.0. The fraction of sp³-hybridized carbons (Fsp3) is 0.424. The number of aliphatic carboxylic acids is 1. The quantitative estimate of drug-likeness (QED) is 0.164. The molecule has 0 aliphatic carbocycles. The first kappa shape index (κ1) is 34.3. The van der Waals surface area contributed by atoms with Gasteiger partial charge in [-0.3, -0.25) is 9.52 Å². The van der Waals surface area contributed by atoms with E-state index in [2.05, 4.69) is 50.8 Å². The second-order valence-corrected chi connectivity index (χ2v) is 19.2.